The maximum absolute atomic E-state index is 11.5. The molecule has 4 heteroatoms. The largest absolute Gasteiger partial charge is 0.294 e. The summed E-state index contributed by atoms with van der Waals surface area (Å²) in [6.07, 6.45) is 1.44. The third-order valence-corrected chi connectivity index (χ3v) is 2.48. The summed E-state index contributed by atoms with van der Waals surface area (Å²) in [6.45, 7) is 0.154. The average molecular weight is 211 g/mol. The summed E-state index contributed by atoms with van der Waals surface area (Å²) < 4.78 is 0. The molecule has 4 nitrogen and oxygen atoms in total. The fraction of sp³-hybridized carbons (Fsp3) is 0.250. The Bertz CT molecular complexity index is 545. The second-order valence-electron chi connectivity index (χ2n) is 3.49. The third-order valence-electron chi connectivity index (χ3n) is 2.48. The highest BCUT2D eigenvalue weighted by atomic mass is 16.1. The van der Waals surface area contributed by atoms with E-state index in [4.69, 9.17) is 5.53 Å². The zero-order valence-corrected chi connectivity index (χ0v) is 8.60. The third kappa shape index (κ3) is 2.05. The highest BCUT2D eigenvalue weighted by molar-refractivity contribution is 6.00. The maximum atomic E-state index is 11.5. The number of carbonyl (C=O) groups excluding carboxylic acids is 1. The zero-order chi connectivity index (χ0) is 11.4. The fourth-order valence-electron chi connectivity index (χ4n) is 1.72. The van der Waals surface area contributed by atoms with E-state index >= 15 is 0 Å². The predicted molar refractivity (Wildman–Crippen MR) is 60.0 cm³/mol. The number of hydrogen-bond acceptors (Lipinski definition) is 2. The molecule has 0 aromatic heterocycles. The van der Waals surface area contributed by atoms with Crippen LogP contribution in [-0.2, 0) is 6.42 Å². The van der Waals surface area contributed by atoms with E-state index in [0.717, 1.165) is 23.1 Å². The highest BCUT2D eigenvalue weighted by Gasteiger charge is 2.18. The van der Waals surface area contributed by atoms with Crippen LogP contribution in [0.2, 0.25) is 0 Å². The molecule has 1 aliphatic rings. The lowest BCUT2D eigenvalue weighted by Crippen LogP contribution is -1.91. The van der Waals surface area contributed by atoms with Gasteiger partial charge in [0.25, 0.3) is 0 Å². The van der Waals surface area contributed by atoms with Gasteiger partial charge in [0.05, 0.1) is 6.54 Å². The van der Waals surface area contributed by atoms with E-state index in [1.165, 1.54) is 0 Å². The van der Waals surface area contributed by atoms with Gasteiger partial charge < -0.3 is 0 Å². The Labute approximate surface area is 92.9 Å². The van der Waals surface area contributed by atoms with Crippen molar-refractivity contribution >= 4 is 5.78 Å². The molecule has 78 valence electrons. The first kappa shape index (κ1) is 10.3. The first-order valence-electron chi connectivity index (χ1n) is 4.97. The molecule has 1 aromatic rings. The van der Waals surface area contributed by atoms with Crippen molar-refractivity contribution in [1.82, 2.24) is 0 Å². The van der Waals surface area contributed by atoms with E-state index in [1.54, 1.807) is 0 Å². The van der Waals surface area contributed by atoms with E-state index < -0.39 is 0 Å². The average Bonchev–Trinajstić information content (AvgIpc) is 2.67. The lowest BCUT2D eigenvalue weighted by Gasteiger charge is -1.97. The number of aryl methyl sites for hydroxylation is 1. The molecule has 0 heterocycles. The van der Waals surface area contributed by atoms with Gasteiger partial charge in [-0.3, -0.25) is 4.79 Å². The van der Waals surface area contributed by atoms with E-state index in [0.29, 0.717) is 6.42 Å². The molecule has 0 radical (unpaired) electrons. The lowest BCUT2D eigenvalue weighted by molar-refractivity contribution is 0.0994. The molecule has 0 amide bonds. The Morgan fingerprint density at radius 2 is 2.31 bits per heavy atom. The van der Waals surface area contributed by atoms with Crippen molar-refractivity contribution in [1.29, 1.82) is 0 Å². The van der Waals surface area contributed by atoms with Crippen LogP contribution in [0.25, 0.3) is 10.4 Å². The number of benzene rings is 1. The lowest BCUT2D eigenvalue weighted by atomic mass is 10.1. The van der Waals surface area contributed by atoms with Crippen LogP contribution in [0.15, 0.2) is 23.3 Å². The Hall–Kier alpha value is -2.24. The van der Waals surface area contributed by atoms with Gasteiger partial charge >= 0.3 is 0 Å². The molecule has 0 saturated carbocycles. The van der Waals surface area contributed by atoms with Gasteiger partial charge in [-0.05, 0) is 29.6 Å². The second kappa shape index (κ2) is 4.52. The number of carbonyl (C=O) groups is 1. The number of fused-ring (bicyclic) bond motifs is 1. The summed E-state index contributed by atoms with van der Waals surface area (Å²) in [5.41, 5.74) is 10.8. The van der Waals surface area contributed by atoms with E-state index in [-0.39, 0.29) is 12.3 Å². The fourth-order valence-corrected chi connectivity index (χ4v) is 1.72. The minimum atomic E-state index is 0.154. The molecule has 16 heavy (non-hydrogen) atoms. The molecule has 0 N–H and O–H groups in total. The van der Waals surface area contributed by atoms with Crippen LogP contribution in [0.4, 0.5) is 0 Å². The van der Waals surface area contributed by atoms with Gasteiger partial charge in [0.15, 0.2) is 5.78 Å². The number of azide groups is 1. The molecular weight excluding hydrogens is 202 g/mol. The van der Waals surface area contributed by atoms with Crippen molar-refractivity contribution < 1.29 is 4.79 Å². The number of Topliss-reactive ketones (excluding diaryl/α,β-unsaturated/α-hetero) is 1. The molecule has 0 atom stereocenters. The molecule has 1 aliphatic carbocycles. The molecule has 0 unspecified atom stereocenters. The smallest absolute Gasteiger partial charge is 0.163 e. The zero-order valence-electron chi connectivity index (χ0n) is 8.60. The molecule has 0 saturated heterocycles. The Morgan fingerprint density at radius 3 is 3.12 bits per heavy atom. The SMILES string of the molecule is [N-]=[N+]=NCC#Cc1ccc2c(c1)C(=O)CC2. The predicted octanol–water partition coefficient (Wildman–Crippen LogP) is 2.48. The molecule has 0 spiro atoms. The summed E-state index contributed by atoms with van der Waals surface area (Å²) in [5.74, 6) is 5.78. The van der Waals surface area contributed by atoms with Gasteiger partial charge in [0, 0.05) is 22.5 Å². The number of rotatable bonds is 1. The van der Waals surface area contributed by atoms with Crippen LogP contribution in [0.3, 0.4) is 0 Å². The Morgan fingerprint density at radius 1 is 1.44 bits per heavy atom. The first-order chi connectivity index (χ1) is 7.81. The highest BCUT2D eigenvalue weighted by Crippen LogP contribution is 2.22. The van der Waals surface area contributed by atoms with Gasteiger partial charge in [-0.2, -0.15) is 0 Å². The van der Waals surface area contributed by atoms with Gasteiger partial charge in [0.2, 0.25) is 0 Å². The van der Waals surface area contributed by atoms with Gasteiger partial charge in [-0.1, -0.05) is 23.0 Å². The van der Waals surface area contributed by atoms with Gasteiger partial charge in [0.1, 0.15) is 0 Å². The minimum absolute atomic E-state index is 0.154. The second-order valence-corrected chi connectivity index (χ2v) is 3.49. The van der Waals surface area contributed by atoms with Crippen molar-refractivity contribution in [2.75, 3.05) is 6.54 Å². The number of hydrogen-bond donors (Lipinski definition) is 0. The van der Waals surface area contributed by atoms with Crippen LogP contribution in [0.5, 0.6) is 0 Å². The quantitative estimate of drug-likeness (QED) is 0.304. The topological polar surface area (TPSA) is 65.8 Å². The van der Waals surface area contributed by atoms with Crippen molar-refractivity contribution in [3.05, 3.63) is 45.3 Å². The molecule has 0 bridgehead atoms. The molecule has 1 aromatic carbocycles. The van der Waals surface area contributed by atoms with E-state index in [2.05, 4.69) is 21.9 Å². The summed E-state index contributed by atoms with van der Waals surface area (Å²) in [5, 5.41) is 3.31. The summed E-state index contributed by atoms with van der Waals surface area (Å²) >= 11 is 0. The van der Waals surface area contributed by atoms with Crippen LogP contribution >= 0.6 is 0 Å². The summed E-state index contributed by atoms with van der Waals surface area (Å²) in [4.78, 5) is 14.1. The standard InChI is InChI=1S/C12H9N3O/c13-15-14-7-1-2-9-3-4-10-5-6-12(16)11(10)8-9/h3-4,8H,5-7H2. The Balaban J connectivity index is 2.23. The van der Waals surface area contributed by atoms with Crippen LogP contribution < -0.4 is 0 Å². The van der Waals surface area contributed by atoms with Crippen molar-refractivity contribution in [2.45, 2.75) is 12.8 Å². The van der Waals surface area contributed by atoms with Crippen molar-refractivity contribution in [2.24, 2.45) is 5.11 Å². The van der Waals surface area contributed by atoms with E-state index in [1.807, 2.05) is 18.2 Å². The van der Waals surface area contributed by atoms with Gasteiger partial charge in [-0.25, -0.2) is 0 Å². The molecule has 0 aliphatic heterocycles. The molecule has 0 fully saturated rings. The summed E-state index contributed by atoms with van der Waals surface area (Å²) in [7, 11) is 0. The van der Waals surface area contributed by atoms with Crippen LogP contribution in [-0.4, -0.2) is 12.3 Å². The van der Waals surface area contributed by atoms with E-state index in [9.17, 15) is 4.79 Å². The first-order valence-corrected chi connectivity index (χ1v) is 4.97. The summed E-state index contributed by atoms with van der Waals surface area (Å²) in [6, 6.07) is 5.64. The van der Waals surface area contributed by atoms with Crippen LogP contribution in [0.1, 0.15) is 27.9 Å². The van der Waals surface area contributed by atoms with Crippen molar-refractivity contribution in [3.8, 4) is 11.8 Å². The molecular formula is C12H9N3O. The normalized spacial score (nSPS) is 12.4. The van der Waals surface area contributed by atoms with Crippen molar-refractivity contribution in [3.63, 3.8) is 0 Å². The molecule has 2 rings (SSSR count). The number of ketones is 1. The maximum Gasteiger partial charge on any atom is 0.163 e. The van der Waals surface area contributed by atoms with Gasteiger partial charge in [-0.15, -0.1) is 0 Å². The Kier molecular flexibility index (Phi) is 2.90. The minimum Gasteiger partial charge on any atom is -0.294 e. The number of nitrogens with zero attached hydrogens (tertiary/aromatic N) is 3. The van der Waals surface area contributed by atoms with Crippen LogP contribution in [0, 0.1) is 11.8 Å². The monoisotopic (exact) mass is 211 g/mol.